The highest BCUT2D eigenvalue weighted by Crippen LogP contribution is 2.49. The summed E-state index contributed by atoms with van der Waals surface area (Å²) in [7, 11) is 8.77. The molecule has 0 saturated carbocycles. The van der Waals surface area contributed by atoms with Crippen molar-refractivity contribution in [1.29, 1.82) is 0 Å². The first-order valence-corrected chi connectivity index (χ1v) is 23.0. The third-order valence-electron chi connectivity index (χ3n) is 15.2. The second kappa shape index (κ2) is 15.2. The van der Waals surface area contributed by atoms with E-state index in [4.69, 9.17) is 0 Å². The summed E-state index contributed by atoms with van der Waals surface area (Å²) in [5.41, 5.74) is 18.7. The van der Waals surface area contributed by atoms with Gasteiger partial charge in [-0.2, -0.15) is 9.15 Å². The van der Waals surface area contributed by atoms with Crippen molar-refractivity contribution in [1.82, 2.24) is 0 Å². The zero-order valence-electron chi connectivity index (χ0n) is 40.6. The fourth-order valence-electron chi connectivity index (χ4n) is 11.7. The van der Waals surface area contributed by atoms with Crippen LogP contribution < -0.4 is 9.80 Å². The highest BCUT2D eigenvalue weighted by molar-refractivity contribution is 6.08. The first-order valence-electron chi connectivity index (χ1n) is 23.0. The lowest BCUT2D eigenvalue weighted by Gasteiger charge is -2.23. The van der Waals surface area contributed by atoms with E-state index in [0.717, 1.165) is 0 Å². The SMILES string of the molecule is Cc1ccc2c(c1)C(C)(C)C(=CC=CC1=[N+](C)c3c(ccc4ccccc34)C1(C)C)N2C.Cc1ccc2c(c1)C(C)(C)C(=CC=CC1=[N+](C)c3ccc4ccccc4c3C1(C)C)N2C. The summed E-state index contributed by atoms with van der Waals surface area (Å²) >= 11 is 0. The Labute approximate surface area is 382 Å². The van der Waals surface area contributed by atoms with Gasteiger partial charge in [0.25, 0.3) is 0 Å². The summed E-state index contributed by atoms with van der Waals surface area (Å²) in [4.78, 5) is 4.69. The highest BCUT2D eigenvalue weighted by Gasteiger charge is 2.46. The van der Waals surface area contributed by atoms with Crippen LogP contribution in [0.5, 0.6) is 0 Å². The molecule has 0 N–H and O–H groups in total. The molecule has 0 atom stereocenters. The van der Waals surface area contributed by atoms with Crippen LogP contribution in [0.25, 0.3) is 21.5 Å². The Balaban J connectivity index is 0.000000162. The number of hydrogen-bond acceptors (Lipinski definition) is 2. The number of fused-ring (bicyclic) bond motifs is 8. The summed E-state index contributed by atoms with van der Waals surface area (Å²) in [5, 5.41) is 5.28. The molecule has 0 aromatic heterocycles. The third kappa shape index (κ3) is 6.55. The van der Waals surface area contributed by atoms with Crippen LogP contribution in [0.15, 0.2) is 157 Å². The van der Waals surface area contributed by atoms with Crippen molar-refractivity contribution in [3.63, 3.8) is 0 Å². The zero-order valence-corrected chi connectivity index (χ0v) is 40.6. The van der Waals surface area contributed by atoms with Crippen LogP contribution in [0.3, 0.4) is 0 Å². The second-order valence-corrected chi connectivity index (χ2v) is 20.7. The highest BCUT2D eigenvalue weighted by atomic mass is 15.2. The number of hydrogen-bond donors (Lipinski definition) is 0. The maximum atomic E-state index is 2.38. The first kappa shape index (κ1) is 43.0. The van der Waals surface area contributed by atoms with Crippen molar-refractivity contribution in [2.24, 2.45) is 0 Å². The Kier molecular flexibility index (Phi) is 10.2. The molecule has 0 bridgehead atoms. The van der Waals surface area contributed by atoms with E-state index in [1.54, 1.807) is 0 Å². The minimum atomic E-state index is -0.0584. The van der Waals surface area contributed by atoms with Gasteiger partial charge >= 0.3 is 0 Å². The van der Waals surface area contributed by atoms with Crippen molar-refractivity contribution in [3.05, 3.63) is 190 Å². The Morgan fingerprint density at radius 3 is 1.48 bits per heavy atom. The van der Waals surface area contributed by atoms with Crippen LogP contribution in [-0.4, -0.2) is 48.8 Å². The summed E-state index contributed by atoms with van der Waals surface area (Å²) in [6.07, 6.45) is 13.7. The maximum Gasteiger partial charge on any atom is 0.217 e. The normalized spacial score (nSPS) is 20.0. The summed E-state index contributed by atoms with van der Waals surface area (Å²) in [6.45, 7) is 23.0. The molecule has 4 aliphatic heterocycles. The topological polar surface area (TPSA) is 12.5 Å². The largest absolute Gasteiger partial charge is 0.347 e. The number of allylic oxidation sites excluding steroid dienone is 8. The van der Waals surface area contributed by atoms with E-state index < -0.39 is 0 Å². The monoisotopic (exact) mass is 843 g/mol. The number of aryl methyl sites for hydroxylation is 2. The maximum absolute atomic E-state index is 2.38. The first-order chi connectivity index (χ1) is 30.3. The average molecular weight is 843 g/mol. The molecule has 0 unspecified atom stereocenters. The van der Waals surface area contributed by atoms with E-state index in [0.29, 0.717) is 0 Å². The van der Waals surface area contributed by atoms with Gasteiger partial charge in [-0.25, -0.2) is 0 Å². The van der Waals surface area contributed by atoms with Crippen molar-refractivity contribution < 1.29 is 9.15 Å². The van der Waals surface area contributed by atoms with Crippen LogP contribution >= 0.6 is 0 Å². The number of benzene rings is 6. The average Bonchev–Trinajstić information content (AvgIpc) is 3.75. The van der Waals surface area contributed by atoms with E-state index in [1.807, 2.05) is 0 Å². The molecule has 10 rings (SSSR count). The number of rotatable bonds is 4. The van der Waals surface area contributed by atoms with Crippen molar-refractivity contribution in [2.75, 3.05) is 38.0 Å². The molecule has 0 amide bonds. The van der Waals surface area contributed by atoms with E-state index in [2.05, 4.69) is 262 Å². The quantitative estimate of drug-likeness (QED) is 0.164. The molecule has 4 heteroatoms. The molecule has 64 heavy (non-hydrogen) atoms. The molecule has 4 nitrogen and oxygen atoms in total. The van der Waals surface area contributed by atoms with Gasteiger partial charge in [0.1, 0.15) is 14.1 Å². The van der Waals surface area contributed by atoms with Gasteiger partial charge in [-0.05, 0) is 105 Å². The molecule has 4 heterocycles. The lowest BCUT2D eigenvalue weighted by molar-refractivity contribution is -0.401. The second-order valence-electron chi connectivity index (χ2n) is 20.7. The fourth-order valence-corrected chi connectivity index (χ4v) is 11.7. The third-order valence-corrected chi connectivity index (χ3v) is 15.2. The molecule has 4 aliphatic rings. The minimum Gasteiger partial charge on any atom is -0.347 e. The molecule has 0 saturated heterocycles. The summed E-state index contributed by atoms with van der Waals surface area (Å²) < 4.78 is 4.74. The molecule has 6 aromatic carbocycles. The molecule has 324 valence electrons. The predicted octanol–water partition coefficient (Wildman–Crippen LogP) is 14.0. The van der Waals surface area contributed by atoms with Gasteiger partial charge < -0.3 is 9.80 Å². The van der Waals surface area contributed by atoms with Crippen LogP contribution in [0, 0.1) is 13.8 Å². The summed E-state index contributed by atoms with van der Waals surface area (Å²) in [6, 6.07) is 40.1. The predicted molar refractivity (Wildman–Crippen MR) is 275 cm³/mol. The Morgan fingerprint density at radius 2 is 0.938 bits per heavy atom. The lowest BCUT2D eigenvalue weighted by atomic mass is 9.79. The van der Waals surface area contributed by atoms with E-state index in [1.165, 1.54) is 100 Å². The lowest BCUT2D eigenvalue weighted by Crippen LogP contribution is -2.27. The number of likely N-dealkylation sites (N-methyl/N-ethyl adjacent to an activating group) is 2. The van der Waals surface area contributed by atoms with E-state index in [-0.39, 0.29) is 21.7 Å². The Morgan fingerprint density at radius 1 is 0.469 bits per heavy atom. The van der Waals surface area contributed by atoms with Gasteiger partial charge in [-0.3, -0.25) is 0 Å². The number of anilines is 2. The fraction of sp³-hybridized carbons (Fsp3) is 0.300. The minimum absolute atomic E-state index is 0.0125. The van der Waals surface area contributed by atoms with Gasteiger partial charge in [-0.1, -0.05) is 130 Å². The van der Waals surface area contributed by atoms with E-state index in [9.17, 15) is 0 Å². The Hall–Kier alpha value is -6.26. The standard InChI is InChI=1S/2C30H33N2/c1-20-15-18-25-24(19-20)30(4,5)26(31(25)6)13-10-14-27-29(2,3)23-17-16-21-11-8-9-12-22(21)28(23)32(27)7;1-20-15-17-24-23(19-20)29(2,3)26(31(24)6)13-10-14-27-30(4,5)28-22-12-9-8-11-21(22)16-18-25(28)32(27)7/h2*8-19H,1-7H3/q2*+1. The van der Waals surface area contributed by atoms with Crippen molar-refractivity contribution >= 4 is 55.7 Å². The molecular formula is C60H66N4+2. The molecule has 0 radical (unpaired) electrons. The van der Waals surface area contributed by atoms with Gasteiger partial charge in [-0.15, -0.1) is 0 Å². The van der Waals surface area contributed by atoms with Crippen LogP contribution in [0.1, 0.15) is 88.8 Å². The van der Waals surface area contributed by atoms with Gasteiger partial charge in [0.2, 0.25) is 11.4 Å². The summed E-state index contributed by atoms with van der Waals surface area (Å²) in [5.74, 6) is 0. The van der Waals surface area contributed by atoms with Gasteiger partial charge in [0.15, 0.2) is 11.4 Å². The molecule has 6 aromatic rings. The van der Waals surface area contributed by atoms with Crippen molar-refractivity contribution in [2.45, 2.75) is 90.9 Å². The molecule has 0 fully saturated rings. The van der Waals surface area contributed by atoms with Gasteiger partial charge in [0, 0.05) is 77.0 Å². The smallest absolute Gasteiger partial charge is 0.217 e. The molecule has 0 aliphatic carbocycles. The molecule has 0 spiro atoms. The number of nitrogens with zero attached hydrogens (tertiary/aromatic N) is 4. The van der Waals surface area contributed by atoms with Crippen LogP contribution in [-0.2, 0) is 21.7 Å². The zero-order chi connectivity index (χ0) is 45.7. The van der Waals surface area contributed by atoms with Gasteiger partial charge in [0.05, 0.1) is 16.2 Å². The Bertz CT molecular complexity index is 3120. The van der Waals surface area contributed by atoms with Crippen LogP contribution in [0.2, 0.25) is 0 Å². The van der Waals surface area contributed by atoms with Crippen molar-refractivity contribution in [3.8, 4) is 0 Å². The molecular weight excluding hydrogens is 777 g/mol. The van der Waals surface area contributed by atoms with E-state index >= 15 is 0 Å². The van der Waals surface area contributed by atoms with Crippen LogP contribution in [0.4, 0.5) is 22.7 Å².